The molecule has 90 valence electrons. The predicted molar refractivity (Wildman–Crippen MR) is 66.9 cm³/mol. The topological polar surface area (TPSA) is 29.9 Å². The second-order valence-electron chi connectivity index (χ2n) is 4.92. The Bertz CT molecular complexity index is 340. The number of piperidine rings is 1. The highest BCUT2D eigenvalue weighted by molar-refractivity contribution is 6.30. The minimum Gasteiger partial charge on any atom is -0.317 e. The van der Waals surface area contributed by atoms with E-state index in [2.05, 4.69) is 24.3 Å². The number of nitrogens with one attached hydrogen (secondary N) is 1. The molecular formula is C12H20ClN3. The molecule has 3 nitrogen and oxygen atoms in total. The van der Waals surface area contributed by atoms with Gasteiger partial charge >= 0.3 is 0 Å². The Morgan fingerprint density at radius 3 is 2.75 bits per heavy atom. The van der Waals surface area contributed by atoms with Gasteiger partial charge in [-0.15, -0.1) is 0 Å². The number of hydrogen-bond donors (Lipinski definition) is 1. The lowest BCUT2D eigenvalue weighted by molar-refractivity contribution is 0.321. The fourth-order valence-corrected chi connectivity index (χ4v) is 2.59. The first-order valence-corrected chi connectivity index (χ1v) is 6.48. The second-order valence-corrected chi connectivity index (χ2v) is 5.28. The van der Waals surface area contributed by atoms with Crippen molar-refractivity contribution in [3.05, 3.63) is 16.9 Å². The predicted octanol–water partition coefficient (Wildman–Crippen LogP) is 2.66. The molecule has 1 aliphatic heterocycles. The molecule has 1 aromatic rings. The van der Waals surface area contributed by atoms with Gasteiger partial charge in [0.15, 0.2) is 0 Å². The van der Waals surface area contributed by atoms with Gasteiger partial charge in [0, 0.05) is 12.1 Å². The van der Waals surface area contributed by atoms with Crippen LogP contribution < -0.4 is 5.32 Å². The van der Waals surface area contributed by atoms with E-state index in [1.165, 1.54) is 12.8 Å². The maximum Gasteiger partial charge on any atom is 0.130 e. The van der Waals surface area contributed by atoms with E-state index in [1.54, 1.807) is 0 Å². The van der Waals surface area contributed by atoms with Crippen molar-refractivity contribution in [3.63, 3.8) is 0 Å². The molecule has 0 bridgehead atoms. The maximum absolute atomic E-state index is 6.32. The molecule has 0 unspecified atom stereocenters. The first kappa shape index (κ1) is 11.9. The van der Waals surface area contributed by atoms with E-state index in [9.17, 15) is 0 Å². The Labute approximate surface area is 102 Å². The van der Waals surface area contributed by atoms with Gasteiger partial charge in [-0.3, -0.25) is 4.68 Å². The number of aromatic nitrogens is 2. The van der Waals surface area contributed by atoms with Gasteiger partial charge in [-0.05, 0) is 37.8 Å². The second kappa shape index (κ2) is 5.19. The standard InChI is InChI=1S/C12H20ClN3/c1-9(2)11-7-15-16(12(11)13)8-10-3-5-14-6-4-10/h7,9-10,14H,3-6,8H2,1-2H3. The minimum absolute atomic E-state index is 0.453. The molecule has 0 aliphatic carbocycles. The van der Waals surface area contributed by atoms with Crippen LogP contribution in [0.3, 0.4) is 0 Å². The zero-order chi connectivity index (χ0) is 11.5. The van der Waals surface area contributed by atoms with Crippen molar-refractivity contribution < 1.29 is 0 Å². The summed E-state index contributed by atoms with van der Waals surface area (Å²) < 4.78 is 1.97. The SMILES string of the molecule is CC(C)c1cnn(CC2CCNCC2)c1Cl. The average Bonchev–Trinajstić information content (AvgIpc) is 2.62. The molecule has 0 spiro atoms. The van der Waals surface area contributed by atoms with Crippen molar-refractivity contribution in [1.29, 1.82) is 0 Å². The summed E-state index contributed by atoms with van der Waals surface area (Å²) in [6.07, 6.45) is 4.37. The van der Waals surface area contributed by atoms with Gasteiger partial charge < -0.3 is 5.32 Å². The Balaban J connectivity index is 2.03. The van der Waals surface area contributed by atoms with Crippen LogP contribution in [0.5, 0.6) is 0 Å². The number of rotatable bonds is 3. The van der Waals surface area contributed by atoms with Crippen LogP contribution >= 0.6 is 11.6 Å². The van der Waals surface area contributed by atoms with Gasteiger partial charge in [0.05, 0.1) is 6.20 Å². The lowest BCUT2D eigenvalue weighted by Gasteiger charge is -2.22. The molecule has 2 rings (SSSR count). The third kappa shape index (κ3) is 2.58. The molecule has 4 heteroatoms. The van der Waals surface area contributed by atoms with Crippen molar-refractivity contribution in [2.75, 3.05) is 13.1 Å². The highest BCUT2D eigenvalue weighted by Crippen LogP contribution is 2.25. The van der Waals surface area contributed by atoms with Crippen LogP contribution in [0.1, 0.15) is 38.2 Å². The molecule has 16 heavy (non-hydrogen) atoms. The molecule has 0 aromatic carbocycles. The molecule has 1 fully saturated rings. The monoisotopic (exact) mass is 241 g/mol. The molecular weight excluding hydrogens is 222 g/mol. The van der Waals surface area contributed by atoms with Crippen LogP contribution in [-0.2, 0) is 6.54 Å². The van der Waals surface area contributed by atoms with Gasteiger partial charge in [0.1, 0.15) is 5.15 Å². The average molecular weight is 242 g/mol. The lowest BCUT2D eigenvalue weighted by atomic mass is 9.98. The molecule has 1 saturated heterocycles. The Morgan fingerprint density at radius 2 is 2.19 bits per heavy atom. The number of halogens is 1. The molecule has 0 atom stereocenters. The highest BCUT2D eigenvalue weighted by Gasteiger charge is 2.17. The molecule has 1 N–H and O–H groups in total. The van der Waals surface area contributed by atoms with E-state index in [0.29, 0.717) is 5.92 Å². The summed E-state index contributed by atoms with van der Waals surface area (Å²) in [6.45, 7) is 7.52. The van der Waals surface area contributed by atoms with E-state index >= 15 is 0 Å². The van der Waals surface area contributed by atoms with Gasteiger partial charge in [-0.2, -0.15) is 5.10 Å². The number of hydrogen-bond acceptors (Lipinski definition) is 2. The van der Waals surface area contributed by atoms with E-state index < -0.39 is 0 Å². The largest absolute Gasteiger partial charge is 0.317 e. The molecule has 1 aliphatic rings. The normalized spacial score (nSPS) is 18.2. The highest BCUT2D eigenvalue weighted by atomic mass is 35.5. The fourth-order valence-electron chi connectivity index (χ4n) is 2.21. The van der Waals surface area contributed by atoms with Crippen molar-refractivity contribution in [2.24, 2.45) is 5.92 Å². The summed E-state index contributed by atoms with van der Waals surface area (Å²) in [4.78, 5) is 0. The summed E-state index contributed by atoms with van der Waals surface area (Å²) in [5.74, 6) is 1.17. The van der Waals surface area contributed by atoms with Crippen molar-refractivity contribution >= 4 is 11.6 Å². The van der Waals surface area contributed by atoms with E-state index in [0.717, 1.165) is 36.3 Å². The quantitative estimate of drug-likeness (QED) is 0.882. The van der Waals surface area contributed by atoms with E-state index in [4.69, 9.17) is 11.6 Å². The Morgan fingerprint density at radius 1 is 1.50 bits per heavy atom. The van der Waals surface area contributed by atoms with Crippen LogP contribution in [0.2, 0.25) is 5.15 Å². The Hall–Kier alpha value is -0.540. The fraction of sp³-hybridized carbons (Fsp3) is 0.750. The summed E-state index contributed by atoms with van der Waals surface area (Å²) in [5, 5.41) is 8.60. The molecule has 0 saturated carbocycles. The van der Waals surface area contributed by atoms with Gasteiger partial charge in [0.2, 0.25) is 0 Å². The van der Waals surface area contributed by atoms with Gasteiger partial charge in [-0.1, -0.05) is 25.4 Å². The van der Waals surface area contributed by atoms with Crippen LogP contribution in [-0.4, -0.2) is 22.9 Å². The van der Waals surface area contributed by atoms with Crippen molar-refractivity contribution in [3.8, 4) is 0 Å². The minimum atomic E-state index is 0.453. The first-order valence-electron chi connectivity index (χ1n) is 6.10. The van der Waals surface area contributed by atoms with Gasteiger partial charge in [-0.25, -0.2) is 0 Å². The zero-order valence-corrected chi connectivity index (χ0v) is 10.8. The molecule has 0 amide bonds. The van der Waals surface area contributed by atoms with Crippen molar-refractivity contribution in [1.82, 2.24) is 15.1 Å². The molecule has 0 radical (unpaired) electrons. The zero-order valence-electron chi connectivity index (χ0n) is 10.0. The molecule has 2 heterocycles. The summed E-state index contributed by atoms with van der Waals surface area (Å²) in [5.41, 5.74) is 1.16. The van der Waals surface area contributed by atoms with Crippen LogP contribution in [0.25, 0.3) is 0 Å². The lowest BCUT2D eigenvalue weighted by Crippen LogP contribution is -2.30. The smallest absolute Gasteiger partial charge is 0.130 e. The van der Waals surface area contributed by atoms with Crippen LogP contribution in [0.15, 0.2) is 6.20 Å². The number of nitrogens with zero attached hydrogens (tertiary/aromatic N) is 2. The Kier molecular flexibility index (Phi) is 3.87. The van der Waals surface area contributed by atoms with Crippen molar-refractivity contribution in [2.45, 2.75) is 39.2 Å². The first-order chi connectivity index (χ1) is 7.68. The van der Waals surface area contributed by atoms with Gasteiger partial charge in [0.25, 0.3) is 0 Å². The third-order valence-corrected chi connectivity index (χ3v) is 3.73. The summed E-state index contributed by atoms with van der Waals surface area (Å²) >= 11 is 6.32. The maximum atomic E-state index is 6.32. The van der Waals surface area contributed by atoms with Crippen LogP contribution in [0.4, 0.5) is 0 Å². The van der Waals surface area contributed by atoms with E-state index in [-0.39, 0.29) is 0 Å². The summed E-state index contributed by atoms with van der Waals surface area (Å²) in [7, 11) is 0. The van der Waals surface area contributed by atoms with Crippen LogP contribution in [0, 0.1) is 5.92 Å². The van der Waals surface area contributed by atoms with E-state index in [1.807, 2.05) is 10.9 Å². The summed E-state index contributed by atoms with van der Waals surface area (Å²) in [6, 6.07) is 0. The molecule has 1 aromatic heterocycles. The third-order valence-electron chi connectivity index (χ3n) is 3.31.